The van der Waals surface area contributed by atoms with Crippen molar-refractivity contribution in [2.24, 2.45) is 17.8 Å². The predicted octanol–water partition coefficient (Wildman–Crippen LogP) is 3.47. The molecule has 0 bridgehead atoms. The van der Waals surface area contributed by atoms with Gasteiger partial charge in [0.05, 0.1) is 10.4 Å². The minimum atomic E-state index is -3.59. The molecule has 21 heavy (non-hydrogen) atoms. The summed E-state index contributed by atoms with van der Waals surface area (Å²) in [5.41, 5.74) is 0. The van der Waals surface area contributed by atoms with Gasteiger partial charge in [-0.3, -0.25) is 0 Å². The zero-order valence-corrected chi connectivity index (χ0v) is 16.1. The molecule has 1 rings (SSSR count). The summed E-state index contributed by atoms with van der Waals surface area (Å²) in [5, 5.41) is 9.64. The lowest BCUT2D eigenvalue weighted by Crippen LogP contribution is -2.44. The quantitative estimate of drug-likeness (QED) is 0.705. The highest BCUT2D eigenvalue weighted by Gasteiger charge is 2.29. The van der Waals surface area contributed by atoms with Gasteiger partial charge >= 0.3 is 0 Å². The van der Waals surface area contributed by atoms with Crippen LogP contribution < -0.4 is 4.72 Å². The van der Waals surface area contributed by atoms with Crippen LogP contribution >= 0.6 is 27.3 Å². The van der Waals surface area contributed by atoms with E-state index in [4.69, 9.17) is 0 Å². The van der Waals surface area contributed by atoms with Crippen molar-refractivity contribution in [3.05, 3.63) is 15.9 Å². The van der Waals surface area contributed by atoms with Crippen molar-refractivity contribution in [3.8, 4) is 0 Å². The van der Waals surface area contributed by atoms with Crippen molar-refractivity contribution in [2.45, 2.75) is 44.4 Å². The summed E-state index contributed by atoms with van der Waals surface area (Å²) in [7, 11) is -3.59. The van der Waals surface area contributed by atoms with Crippen LogP contribution in [0.4, 0.5) is 0 Å². The number of sulfonamides is 1. The van der Waals surface area contributed by atoms with Gasteiger partial charge < -0.3 is 5.11 Å². The second-order valence-corrected chi connectivity index (χ2v) is 10.4. The Kier molecular flexibility index (Phi) is 7.33. The highest BCUT2D eigenvalue weighted by atomic mass is 79.9. The number of aliphatic hydroxyl groups is 1. The van der Waals surface area contributed by atoms with Gasteiger partial charge in [0.25, 0.3) is 0 Å². The smallest absolute Gasteiger partial charge is 0.250 e. The number of halogens is 1. The van der Waals surface area contributed by atoms with Crippen LogP contribution in [0.15, 0.2) is 20.1 Å². The van der Waals surface area contributed by atoms with Crippen molar-refractivity contribution in [3.63, 3.8) is 0 Å². The van der Waals surface area contributed by atoms with E-state index in [0.717, 1.165) is 10.2 Å². The maximum atomic E-state index is 12.4. The first-order valence-corrected chi connectivity index (χ1v) is 10.1. The lowest BCUT2D eigenvalue weighted by molar-refractivity contribution is 0.169. The molecule has 0 radical (unpaired) electrons. The molecule has 0 spiro atoms. The number of hydrogen-bond donors (Lipinski definition) is 2. The van der Waals surface area contributed by atoms with Gasteiger partial charge in [0, 0.05) is 6.04 Å². The van der Waals surface area contributed by atoms with Crippen molar-refractivity contribution in [1.29, 1.82) is 0 Å². The molecule has 1 aromatic rings. The molecule has 0 saturated heterocycles. The second-order valence-electron chi connectivity index (χ2n) is 6.01. The lowest BCUT2D eigenvalue weighted by atomic mass is 9.82. The van der Waals surface area contributed by atoms with Gasteiger partial charge in [-0.1, -0.05) is 27.7 Å². The summed E-state index contributed by atoms with van der Waals surface area (Å²) in [5.74, 6) is 0.849. The standard InChI is InChI=1S/C14H24BrNO3S2/c1-9(2)7-11(10(3)4)12(8-17)16-21(18,19)14-6-5-13(15)20-14/h5-6,9-12,16-17H,7-8H2,1-4H3/t11-,12-/m1/s1. The predicted molar refractivity (Wildman–Crippen MR) is 91.0 cm³/mol. The molecule has 0 aliphatic heterocycles. The molecule has 0 aliphatic carbocycles. The van der Waals surface area contributed by atoms with Crippen molar-refractivity contribution in [1.82, 2.24) is 4.72 Å². The van der Waals surface area contributed by atoms with E-state index in [1.807, 2.05) is 0 Å². The molecule has 0 aliphatic rings. The summed E-state index contributed by atoms with van der Waals surface area (Å²) in [6.45, 7) is 8.14. The van der Waals surface area contributed by atoms with Crippen molar-refractivity contribution in [2.75, 3.05) is 6.61 Å². The minimum Gasteiger partial charge on any atom is -0.395 e. The maximum absolute atomic E-state index is 12.4. The SMILES string of the molecule is CC(C)C[C@H](C(C)C)[C@@H](CO)NS(=O)(=O)c1ccc(Br)s1. The van der Waals surface area contributed by atoms with Crippen molar-refractivity contribution >= 4 is 37.3 Å². The molecule has 122 valence electrons. The van der Waals surface area contributed by atoms with Gasteiger partial charge in [0.2, 0.25) is 10.0 Å². The van der Waals surface area contributed by atoms with Crippen LogP contribution in [0, 0.1) is 17.8 Å². The Morgan fingerprint density at radius 3 is 2.29 bits per heavy atom. The van der Waals surface area contributed by atoms with E-state index >= 15 is 0 Å². The normalized spacial score (nSPS) is 15.6. The van der Waals surface area contributed by atoms with E-state index in [0.29, 0.717) is 11.8 Å². The lowest BCUT2D eigenvalue weighted by Gasteiger charge is -2.30. The number of hydrogen-bond acceptors (Lipinski definition) is 4. The number of nitrogens with one attached hydrogen (secondary N) is 1. The van der Waals surface area contributed by atoms with Gasteiger partial charge in [-0.25, -0.2) is 13.1 Å². The largest absolute Gasteiger partial charge is 0.395 e. The van der Waals surface area contributed by atoms with E-state index in [2.05, 4.69) is 48.3 Å². The summed E-state index contributed by atoms with van der Waals surface area (Å²) in [6, 6.07) is 2.82. The zero-order chi connectivity index (χ0) is 16.2. The average Bonchev–Trinajstić information content (AvgIpc) is 2.80. The monoisotopic (exact) mass is 397 g/mol. The first kappa shape index (κ1) is 19.1. The fraction of sp³-hybridized carbons (Fsp3) is 0.714. The summed E-state index contributed by atoms with van der Waals surface area (Å²) in [4.78, 5) is 0. The molecule has 0 fully saturated rings. The summed E-state index contributed by atoms with van der Waals surface area (Å²) in [6.07, 6.45) is 0.875. The third kappa shape index (κ3) is 5.63. The van der Waals surface area contributed by atoms with Crippen LogP contribution in [0.2, 0.25) is 0 Å². The Hall–Kier alpha value is 0.0500. The molecule has 4 nitrogen and oxygen atoms in total. The van der Waals surface area contributed by atoms with Crippen molar-refractivity contribution < 1.29 is 13.5 Å². The maximum Gasteiger partial charge on any atom is 0.250 e. The van der Waals surface area contributed by atoms with E-state index in [1.54, 1.807) is 12.1 Å². The molecular formula is C14H24BrNO3S2. The van der Waals surface area contributed by atoms with Gasteiger partial charge in [-0.05, 0) is 52.2 Å². The molecule has 0 saturated carbocycles. The van der Waals surface area contributed by atoms with Gasteiger partial charge in [0.15, 0.2) is 0 Å². The van der Waals surface area contributed by atoms with Crippen LogP contribution in [0.5, 0.6) is 0 Å². The molecule has 1 aromatic heterocycles. The van der Waals surface area contributed by atoms with Crippen LogP contribution in [-0.4, -0.2) is 26.2 Å². The van der Waals surface area contributed by atoms with Gasteiger partial charge in [0.1, 0.15) is 4.21 Å². The second kappa shape index (κ2) is 8.06. The number of thiophene rings is 1. The first-order chi connectivity index (χ1) is 9.67. The fourth-order valence-corrected chi connectivity index (χ4v) is 5.71. The van der Waals surface area contributed by atoms with Gasteiger partial charge in [-0.2, -0.15) is 0 Å². The number of aliphatic hydroxyl groups excluding tert-OH is 1. The molecule has 2 N–H and O–H groups in total. The van der Waals surface area contributed by atoms with Crippen LogP contribution in [-0.2, 0) is 10.0 Å². The van der Waals surface area contributed by atoms with Crippen LogP contribution in [0.3, 0.4) is 0 Å². The zero-order valence-electron chi connectivity index (χ0n) is 12.8. The Bertz CT molecular complexity index is 540. The Balaban J connectivity index is 2.94. The Morgan fingerprint density at radius 2 is 1.90 bits per heavy atom. The minimum absolute atomic E-state index is 0.105. The highest BCUT2D eigenvalue weighted by molar-refractivity contribution is 9.11. The van der Waals surface area contributed by atoms with Crippen LogP contribution in [0.1, 0.15) is 34.1 Å². The summed E-state index contributed by atoms with van der Waals surface area (Å²) >= 11 is 4.44. The van der Waals surface area contributed by atoms with Crippen LogP contribution in [0.25, 0.3) is 0 Å². The molecule has 7 heteroatoms. The van der Waals surface area contributed by atoms with E-state index in [1.165, 1.54) is 11.3 Å². The van der Waals surface area contributed by atoms with E-state index in [-0.39, 0.29) is 16.7 Å². The van der Waals surface area contributed by atoms with E-state index < -0.39 is 16.1 Å². The van der Waals surface area contributed by atoms with Gasteiger partial charge in [-0.15, -0.1) is 11.3 Å². The third-order valence-corrected chi connectivity index (χ3v) is 7.04. The first-order valence-electron chi connectivity index (χ1n) is 7.06. The molecule has 0 aromatic carbocycles. The third-order valence-electron chi connectivity index (χ3n) is 3.43. The molecule has 0 amide bonds. The Morgan fingerprint density at radius 1 is 1.29 bits per heavy atom. The highest BCUT2D eigenvalue weighted by Crippen LogP contribution is 2.28. The molecular weight excluding hydrogens is 374 g/mol. The average molecular weight is 398 g/mol. The summed E-state index contributed by atoms with van der Waals surface area (Å²) < 4.78 is 28.5. The number of rotatable bonds is 8. The molecule has 0 unspecified atom stereocenters. The topological polar surface area (TPSA) is 66.4 Å². The fourth-order valence-electron chi connectivity index (χ4n) is 2.40. The Labute approximate surface area is 140 Å². The molecule has 1 heterocycles. The van der Waals surface area contributed by atoms with E-state index in [9.17, 15) is 13.5 Å². The molecule has 2 atom stereocenters.